The molecule has 2 heterocycles. The lowest BCUT2D eigenvalue weighted by atomic mass is 10.0. The number of nitrogens with zero attached hydrogens (tertiary/aromatic N) is 1. The van der Waals surface area contributed by atoms with Crippen LogP contribution in [-0.2, 0) is 11.8 Å². The van der Waals surface area contributed by atoms with E-state index in [-0.39, 0.29) is 17.4 Å². The van der Waals surface area contributed by atoms with Crippen molar-refractivity contribution in [2.75, 3.05) is 11.9 Å². The number of fused-ring (bicyclic) bond motifs is 1. The minimum Gasteiger partial charge on any atom is -0.456 e. The Hall–Kier alpha value is -4.33. The van der Waals surface area contributed by atoms with Crippen LogP contribution < -0.4 is 20.9 Å². The molecular weight excluding hydrogens is 444 g/mol. The number of benzene rings is 2. The number of H-pyrrole nitrogens is 1. The molecule has 4 aromatic rings. The number of ether oxygens (including phenoxy) is 1. The van der Waals surface area contributed by atoms with Crippen LogP contribution in [0, 0.1) is 13.8 Å². The second-order valence-corrected chi connectivity index (χ2v) is 8.51. The molecule has 2 amide bonds. The predicted octanol–water partition coefficient (Wildman–Crippen LogP) is 4.65. The number of carbonyl (C=O) groups is 2. The van der Waals surface area contributed by atoms with E-state index in [1.54, 1.807) is 31.4 Å². The van der Waals surface area contributed by atoms with Gasteiger partial charge < -0.3 is 24.9 Å². The Bertz CT molecular complexity index is 1490. The quantitative estimate of drug-likeness (QED) is 0.380. The molecule has 0 aliphatic heterocycles. The second-order valence-electron chi connectivity index (χ2n) is 8.51. The molecule has 0 unspecified atom stereocenters. The molecule has 0 aliphatic carbocycles. The van der Waals surface area contributed by atoms with Crippen molar-refractivity contribution in [2.24, 2.45) is 7.05 Å². The van der Waals surface area contributed by atoms with Crippen molar-refractivity contribution in [1.82, 2.24) is 14.9 Å². The molecule has 0 fully saturated rings. The van der Waals surface area contributed by atoms with Crippen LogP contribution in [0.3, 0.4) is 0 Å². The molecule has 8 nitrogen and oxygen atoms in total. The van der Waals surface area contributed by atoms with E-state index >= 15 is 0 Å². The standard InChI is InChI=1S/C27H28N4O4/c1-6-28-26(33)22-13-20-21(14-31(5)27(34)24(20)30-22)19-12-18(29-17(4)32)10-11-23(19)35-25-15(2)8-7-9-16(25)3/h7-14,30H,6H2,1-5H3,(H,28,33)(H,29,32). The van der Waals surface area contributed by atoms with E-state index in [1.807, 2.05) is 45.0 Å². The number of aromatic amines is 1. The number of aryl methyl sites for hydroxylation is 3. The Morgan fingerprint density at radius 2 is 1.77 bits per heavy atom. The summed E-state index contributed by atoms with van der Waals surface area (Å²) in [6.45, 7) is 7.68. The summed E-state index contributed by atoms with van der Waals surface area (Å²) in [5, 5.41) is 6.14. The minimum atomic E-state index is -0.296. The normalized spacial score (nSPS) is 10.9. The monoisotopic (exact) mass is 472 g/mol. The van der Waals surface area contributed by atoms with Crippen molar-refractivity contribution in [1.29, 1.82) is 0 Å². The zero-order valence-corrected chi connectivity index (χ0v) is 20.4. The Kier molecular flexibility index (Phi) is 6.46. The number of hydrogen-bond acceptors (Lipinski definition) is 4. The summed E-state index contributed by atoms with van der Waals surface area (Å²) >= 11 is 0. The Balaban J connectivity index is 1.97. The molecule has 180 valence electrons. The van der Waals surface area contributed by atoms with E-state index in [4.69, 9.17) is 4.74 Å². The van der Waals surface area contributed by atoms with E-state index in [9.17, 15) is 14.4 Å². The minimum absolute atomic E-state index is 0.204. The van der Waals surface area contributed by atoms with E-state index < -0.39 is 0 Å². The van der Waals surface area contributed by atoms with Crippen LogP contribution in [0.4, 0.5) is 5.69 Å². The highest BCUT2D eigenvalue weighted by Gasteiger charge is 2.20. The van der Waals surface area contributed by atoms with Gasteiger partial charge in [-0.3, -0.25) is 14.4 Å². The van der Waals surface area contributed by atoms with Gasteiger partial charge in [-0.1, -0.05) is 18.2 Å². The second kappa shape index (κ2) is 9.50. The van der Waals surface area contributed by atoms with E-state index in [2.05, 4.69) is 15.6 Å². The molecule has 0 atom stereocenters. The topological polar surface area (TPSA) is 105 Å². The third-order valence-electron chi connectivity index (χ3n) is 5.76. The number of pyridine rings is 1. The Morgan fingerprint density at radius 1 is 1.06 bits per heavy atom. The predicted molar refractivity (Wildman–Crippen MR) is 137 cm³/mol. The van der Waals surface area contributed by atoms with Crippen molar-refractivity contribution in [3.8, 4) is 22.6 Å². The summed E-state index contributed by atoms with van der Waals surface area (Å²) < 4.78 is 7.87. The lowest BCUT2D eigenvalue weighted by Crippen LogP contribution is -2.23. The zero-order chi connectivity index (χ0) is 25.3. The lowest BCUT2D eigenvalue weighted by Gasteiger charge is -2.17. The van der Waals surface area contributed by atoms with Gasteiger partial charge in [-0.15, -0.1) is 0 Å². The van der Waals surface area contributed by atoms with Gasteiger partial charge in [0.1, 0.15) is 22.7 Å². The van der Waals surface area contributed by atoms with Crippen molar-refractivity contribution in [3.63, 3.8) is 0 Å². The fourth-order valence-electron chi connectivity index (χ4n) is 4.11. The number of carbonyl (C=O) groups excluding carboxylic acids is 2. The van der Waals surface area contributed by atoms with E-state index in [1.165, 1.54) is 11.5 Å². The summed E-state index contributed by atoms with van der Waals surface area (Å²) in [4.78, 5) is 40.1. The molecule has 0 aliphatic rings. The van der Waals surface area contributed by atoms with Crippen LogP contribution >= 0.6 is 0 Å². The Labute approximate surface area is 202 Å². The molecule has 35 heavy (non-hydrogen) atoms. The first-order valence-corrected chi connectivity index (χ1v) is 11.4. The highest BCUT2D eigenvalue weighted by Crippen LogP contribution is 2.40. The van der Waals surface area contributed by atoms with Gasteiger partial charge in [-0.2, -0.15) is 0 Å². The number of aromatic nitrogens is 2. The first-order chi connectivity index (χ1) is 16.7. The smallest absolute Gasteiger partial charge is 0.274 e. The van der Waals surface area contributed by atoms with Gasteiger partial charge in [-0.25, -0.2) is 0 Å². The molecule has 0 radical (unpaired) electrons. The van der Waals surface area contributed by atoms with Gasteiger partial charge in [0.05, 0.1) is 0 Å². The van der Waals surface area contributed by atoms with Crippen molar-refractivity contribution < 1.29 is 14.3 Å². The number of nitrogens with one attached hydrogen (secondary N) is 3. The van der Waals surface area contributed by atoms with Crippen LogP contribution in [-0.4, -0.2) is 27.9 Å². The van der Waals surface area contributed by atoms with Gasteiger partial charge in [0, 0.05) is 48.9 Å². The maximum Gasteiger partial charge on any atom is 0.274 e. The van der Waals surface area contributed by atoms with Gasteiger partial charge in [0.25, 0.3) is 11.5 Å². The first kappa shape index (κ1) is 23.8. The average molecular weight is 473 g/mol. The molecule has 3 N–H and O–H groups in total. The van der Waals surface area contributed by atoms with Crippen LogP contribution in [0.15, 0.2) is 53.5 Å². The van der Waals surface area contributed by atoms with Crippen LogP contribution in [0.1, 0.15) is 35.5 Å². The summed E-state index contributed by atoms with van der Waals surface area (Å²) in [5.41, 5.74) is 4.25. The third-order valence-corrected chi connectivity index (χ3v) is 5.76. The molecule has 0 saturated carbocycles. The molecule has 8 heteroatoms. The number of hydrogen-bond donors (Lipinski definition) is 3. The molecule has 0 bridgehead atoms. The van der Waals surface area contributed by atoms with Crippen LogP contribution in [0.2, 0.25) is 0 Å². The maximum absolute atomic E-state index is 12.9. The fraction of sp³-hybridized carbons (Fsp3) is 0.222. The fourth-order valence-corrected chi connectivity index (χ4v) is 4.11. The van der Waals surface area contributed by atoms with E-state index in [0.29, 0.717) is 45.7 Å². The van der Waals surface area contributed by atoms with Gasteiger partial charge >= 0.3 is 0 Å². The van der Waals surface area contributed by atoms with Crippen molar-refractivity contribution in [2.45, 2.75) is 27.7 Å². The SMILES string of the molecule is CCNC(=O)c1cc2c(-c3cc(NC(C)=O)ccc3Oc3c(C)cccc3C)cn(C)c(=O)c2[nH]1. The molecule has 2 aromatic heterocycles. The molecule has 2 aromatic carbocycles. The van der Waals surface area contributed by atoms with Crippen LogP contribution in [0.5, 0.6) is 11.5 Å². The first-order valence-electron chi connectivity index (χ1n) is 11.4. The molecule has 0 saturated heterocycles. The number of rotatable bonds is 6. The third kappa shape index (κ3) is 4.68. The summed E-state index contributed by atoms with van der Waals surface area (Å²) in [6, 6.07) is 13.0. The lowest BCUT2D eigenvalue weighted by molar-refractivity contribution is -0.114. The molecule has 0 spiro atoms. The Morgan fingerprint density at radius 3 is 2.43 bits per heavy atom. The molecular formula is C27H28N4O4. The van der Waals surface area contributed by atoms with Crippen molar-refractivity contribution in [3.05, 3.63) is 75.8 Å². The summed E-state index contributed by atoms with van der Waals surface area (Å²) in [7, 11) is 1.65. The number of amides is 2. The summed E-state index contributed by atoms with van der Waals surface area (Å²) in [5.74, 6) is 0.789. The largest absolute Gasteiger partial charge is 0.456 e. The highest BCUT2D eigenvalue weighted by atomic mass is 16.5. The highest BCUT2D eigenvalue weighted by molar-refractivity contribution is 6.03. The number of anilines is 1. The van der Waals surface area contributed by atoms with Gasteiger partial charge in [0.2, 0.25) is 5.91 Å². The van der Waals surface area contributed by atoms with Crippen LogP contribution in [0.25, 0.3) is 22.0 Å². The summed E-state index contributed by atoms with van der Waals surface area (Å²) in [6.07, 6.45) is 1.71. The zero-order valence-electron chi connectivity index (χ0n) is 20.4. The maximum atomic E-state index is 12.9. The average Bonchev–Trinajstić information content (AvgIpc) is 3.25. The molecule has 4 rings (SSSR count). The van der Waals surface area contributed by atoms with Gasteiger partial charge in [-0.05, 0) is 56.2 Å². The van der Waals surface area contributed by atoms with Gasteiger partial charge in [0.15, 0.2) is 0 Å². The number of para-hydroxylation sites is 1. The van der Waals surface area contributed by atoms with E-state index in [0.717, 1.165) is 16.9 Å². The van der Waals surface area contributed by atoms with Crippen molar-refractivity contribution >= 4 is 28.4 Å².